The summed E-state index contributed by atoms with van der Waals surface area (Å²) in [6.07, 6.45) is 0. The molecule has 0 amide bonds. The average Bonchev–Trinajstić information content (AvgIpc) is 2.81. The van der Waals surface area contributed by atoms with Gasteiger partial charge in [-0.15, -0.1) is 5.11 Å². The summed E-state index contributed by atoms with van der Waals surface area (Å²) in [7, 11) is 0. The summed E-state index contributed by atoms with van der Waals surface area (Å²) in [5, 5.41) is 12.9. The lowest BCUT2D eigenvalue weighted by atomic mass is 10.2. The molecule has 0 radical (unpaired) electrons. The second-order valence-electron chi connectivity index (χ2n) is 4.97. The lowest BCUT2D eigenvalue weighted by Crippen LogP contribution is -2.02. The van der Waals surface area contributed by atoms with Gasteiger partial charge < -0.3 is 5.73 Å². The van der Waals surface area contributed by atoms with Gasteiger partial charge in [-0.05, 0) is 32.4 Å². The number of aryl methyl sites for hydroxylation is 3. The number of hydrogen-bond donors (Lipinski definition) is 1. The number of rotatable bonds is 2. The first kappa shape index (κ1) is 13.2. The topological polar surface area (TPSA) is 80.9 Å². The minimum Gasteiger partial charge on any atom is -0.382 e. The Bertz CT molecular complexity index is 847. The lowest BCUT2D eigenvalue weighted by Gasteiger charge is -2.05. The number of fused-ring (bicyclic) bond motifs is 1. The van der Waals surface area contributed by atoms with Crippen molar-refractivity contribution in [2.75, 3.05) is 5.73 Å². The molecule has 0 aliphatic carbocycles. The van der Waals surface area contributed by atoms with Crippen LogP contribution in [0.15, 0.2) is 40.6 Å². The summed E-state index contributed by atoms with van der Waals surface area (Å²) in [4.78, 5) is 4.46. The van der Waals surface area contributed by atoms with Crippen LogP contribution < -0.4 is 5.73 Å². The third-order valence-electron chi connectivity index (χ3n) is 3.28. The van der Waals surface area contributed by atoms with Crippen LogP contribution in [0.5, 0.6) is 0 Å². The maximum absolute atomic E-state index is 6.14. The van der Waals surface area contributed by atoms with E-state index in [9.17, 15) is 0 Å². The van der Waals surface area contributed by atoms with Gasteiger partial charge in [-0.25, -0.2) is 4.98 Å². The molecule has 2 heterocycles. The molecule has 0 unspecified atom stereocenters. The summed E-state index contributed by atoms with van der Waals surface area (Å²) < 4.78 is 1.59. The maximum atomic E-state index is 6.14. The van der Waals surface area contributed by atoms with Crippen LogP contribution in [0, 0.1) is 20.8 Å². The first-order chi connectivity index (χ1) is 10.1. The zero-order valence-electron chi connectivity index (χ0n) is 12.2. The molecule has 0 fully saturated rings. The smallest absolute Gasteiger partial charge is 0.158 e. The van der Waals surface area contributed by atoms with Crippen molar-refractivity contribution in [2.45, 2.75) is 20.8 Å². The van der Waals surface area contributed by atoms with Crippen molar-refractivity contribution in [3.8, 4) is 0 Å². The zero-order valence-corrected chi connectivity index (χ0v) is 12.2. The Morgan fingerprint density at radius 3 is 2.62 bits per heavy atom. The number of hydrogen-bond acceptors (Lipinski definition) is 5. The van der Waals surface area contributed by atoms with Gasteiger partial charge in [0.1, 0.15) is 5.69 Å². The van der Waals surface area contributed by atoms with E-state index in [4.69, 9.17) is 5.73 Å². The number of azo groups is 1. The van der Waals surface area contributed by atoms with Crippen molar-refractivity contribution >= 4 is 22.8 Å². The normalized spacial score (nSPS) is 11.6. The fourth-order valence-electron chi connectivity index (χ4n) is 2.16. The monoisotopic (exact) mass is 280 g/mol. The van der Waals surface area contributed by atoms with Gasteiger partial charge in [0.25, 0.3) is 0 Å². The Morgan fingerprint density at radius 2 is 1.86 bits per heavy atom. The number of nitrogens with two attached hydrogens (primary N) is 1. The van der Waals surface area contributed by atoms with E-state index in [-0.39, 0.29) is 0 Å². The van der Waals surface area contributed by atoms with E-state index >= 15 is 0 Å². The molecule has 106 valence electrons. The predicted octanol–water partition coefficient (Wildman–Crippen LogP) is 3.65. The predicted molar refractivity (Wildman–Crippen MR) is 82.2 cm³/mol. The molecule has 21 heavy (non-hydrogen) atoms. The third-order valence-corrected chi connectivity index (χ3v) is 3.28. The lowest BCUT2D eigenvalue weighted by molar-refractivity contribution is 0.917. The van der Waals surface area contributed by atoms with Crippen LogP contribution in [0.1, 0.15) is 17.0 Å². The van der Waals surface area contributed by atoms with E-state index < -0.39 is 0 Å². The first-order valence-electron chi connectivity index (χ1n) is 6.66. The molecule has 2 aromatic heterocycles. The highest BCUT2D eigenvalue weighted by Crippen LogP contribution is 2.29. The van der Waals surface area contributed by atoms with Crippen molar-refractivity contribution in [1.29, 1.82) is 0 Å². The molecule has 0 saturated carbocycles. The van der Waals surface area contributed by atoms with Crippen LogP contribution >= 0.6 is 0 Å². The standard InChI is InChI=1S/C15H16N6/c1-9-6-4-5-7-12(9)18-19-14-11(3)17-13-8-10(2)20-21(13)15(14)16/h4-8H,16H2,1-3H3. The van der Waals surface area contributed by atoms with Crippen molar-refractivity contribution in [3.63, 3.8) is 0 Å². The van der Waals surface area contributed by atoms with Gasteiger partial charge in [-0.3, -0.25) is 0 Å². The SMILES string of the molecule is Cc1cc2nc(C)c(N=Nc3ccccc3C)c(N)n2n1. The largest absolute Gasteiger partial charge is 0.382 e. The fourth-order valence-corrected chi connectivity index (χ4v) is 2.16. The fraction of sp³-hybridized carbons (Fsp3) is 0.200. The number of anilines is 1. The summed E-state index contributed by atoms with van der Waals surface area (Å²) in [5.41, 5.74) is 10.9. The summed E-state index contributed by atoms with van der Waals surface area (Å²) in [6.45, 7) is 5.76. The molecule has 3 aromatic rings. The maximum Gasteiger partial charge on any atom is 0.158 e. The van der Waals surface area contributed by atoms with Gasteiger partial charge >= 0.3 is 0 Å². The minimum absolute atomic E-state index is 0.447. The van der Waals surface area contributed by atoms with Crippen LogP contribution in [-0.4, -0.2) is 14.6 Å². The van der Waals surface area contributed by atoms with Gasteiger partial charge in [0.05, 0.1) is 17.1 Å². The molecule has 0 saturated heterocycles. The Labute approximate surface area is 122 Å². The van der Waals surface area contributed by atoms with E-state index in [0.29, 0.717) is 11.5 Å². The van der Waals surface area contributed by atoms with Gasteiger partial charge in [-0.1, -0.05) is 18.2 Å². The molecular weight excluding hydrogens is 264 g/mol. The Kier molecular flexibility index (Phi) is 3.13. The average molecular weight is 280 g/mol. The van der Waals surface area contributed by atoms with Crippen molar-refractivity contribution in [3.05, 3.63) is 47.3 Å². The number of nitrogen functional groups attached to an aromatic ring is 1. The van der Waals surface area contributed by atoms with Crippen LogP contribution in [0.25, 0.3) is 5.65 Å². The molecular formula is C15H16N6. The van der Waals surface area contributed by atoms with E-state index in [1.54, 1.807) is 4.52 Å². The third kappa shape index (κ3) is 2.35. The summed E-state index contributed by atoms with van der Waals surface area (Å²) in [5.74, 6) is 0.447. The second-order valence-corrected chi connectivity index (χ2v) is 4.97. The first-order valence-corrected chi connectivity index (χ1v) is 6.66. The van der Waals surface area contributed by atoms with Gasteiger partial charge in [0, 0.05) is 6.07 Å². The number of benzene rings is 1. The van der Waals surface area contributed by atoms with Crippen molar-refractivity contribution < 1.29 is 0 Å². The Balaban J connectivity index is 2.10. The van der Waals surface area contributed by atoms with E-state index in [2.05, 4.69) is 20.3 Å². The van der Waals surface area contributed by atoms with Crippen LogP contribution in [0.2, 0.25) is 0 Å². The van der Waals surface area contributed by atoms with E-state index in [1.165, 1.54) is 0 Å². The van der Waals surface area contributed by atoms with Crippen molar-refractivity contribution in [2.24, 2.45) is 10.2 Å². The van der Waals surface area contributed by atoms with E-state index in [1.807, 2.05) is 51.1 Å². The molecule has 0 aliphatic heterocycles. The minimum atomic E-state index is 0.447. The number of aromatic nitrogens is 3. The molecule has 3 rings (SSSR count). The molecule has 1 aromatic carbocycles. The molecule has 6 heteroatoms. The van der Waals surface area contributed by atoms with Crippen LogP contribution in [0.4, 0.5) is 17.2 Å². The molecule has 0 atom stereocenters. The molecule has 0 spiro atoms. The summed E-state index contributed by atoms with van der Waals surface area (Å²) in [6, 6.07) is 9.67. The van der Waals surface area contributed by atoms with Crippen LogP contribution in [-0.2, 0) is 0 Å². The zero-order chi connectivity index (χ0) is 15.0. The quantitative estimate of drug-likeness (QED) is 0.727. The Morgan fingerprint density at radius 1 is 1.10 bits per heavy atom. The number of nitrogens with zero attached hydrogens (tertiary/aromatic N) is 5. The molecule has 6 nitrogen and oxygen atoms in total. The highest BCUT2D eigenvalue weighted by atomic mass is 15.3. The highest BCUT2D eigenvalue weighted by molar-refractivity contribution is 5.65. The van der Waals surface area contributed by atoms with Crippen molar-refractivity contribution in [1.82, 2.24) is 14.6 Å². The van der Waals surface area contributed by atoms with Gasteiger partial charge in [0.15, 0.2) is 11.5 Å². The van der Waals surface area contributed by atoms with Gasteiger partial charge in [0.2, 0.25) is 0 Å². The Hall–Kier alpha value is -2.76. The molecule has 2 N–H and O–H groups in total. The highest BCUT2D eigenvalue weighted by Gasteiger charge is 2.11. The van der Waals surface area contributed by atoms with Crippen LogP contribution in [0.3, 0.4) is 0 Å². The van der Waals surface area contributed by atoms with Gasteiger partial charge in [-0.2, -0.15) is 14.7 Å². The molecule has 0 bridgehead atoms. The summed E-state index contributed by atoms with van der Waals surface area (Å²) >= 11 is 0. The molecule has 0 aliphatic rings. The van der Waals surface area contributed by atoms with E-state index in [0.717, 1.165) is 28.3 Å². The second kappa shape index (κ2) is 4.97.